The molecule has 0 bridgehead atoms. The van der Waals surface area contributed by atoms with Crippen molar-refractivity contribution in [1.29, 1.82) is 0 Å². The molecule has 1 heterocycles. The van der Waals surface area contributed by atoms with E-state index < -0.39 is 23.0 Å². The van der Waals surface area contributed by atoms with Crippen LogP contribution in [0.25, 0.3) is 0 Å². The van der Waals surface area contributed by atoms with Crippen molar-refractivity contribution >= 4 is 23.2 Å². The molecular weight excluding hydrogens is 276 g/mol. The molecule has 2 rings (SSSR count). The van der Waals surface area contributed by atoms with Crippen LogP contribution in [-0.2, 0) is 0 Å². The van der Waals surface area contributed by atoms with Gasteiger partial charge in [0.15, 0.2) is 0 Å². The highest BCUT2D eigenvalue weighted by atomic mass is 35.5. The van der Waals surface area contributed by atoms with Gasteiger partial charge in [-0.05, 0) is 6.07 Å². The highest BCUT2D eigenvalue weighted by Gasteiger charge is 2.33. The lowest BCUT2D eigenvalue weighted by Gasteiger charge is -2.15. The van der Waals surface area contributed by atoms with Crippen LogP contribution in [0.3, 0.4) is 0 Å². The van der Waals surface area contributed by atoms with E-state index in [0.29, 0.717) is 0 Å². The molecule has 19 heavy (non-hydrogen) atoms. The highest BCUT2D eigenvalue weighted by molar-refractivity contribution is 6.31. The maximum absolute atomic E-state index is 12.1. The van der Waals surface area contributed by atoms with E-state index in [1.165, 1.54) is 11.0 Å². The number of aliphatic hydroxyl groups is 2. The van der Waals surface area contributed by atoms with Crippen LogP contribution >= 0.6 is 11.6 Å². The smallest absolute Gasteiger partial charge is 0.271 e. The molecule has 1 aromatic carbocycles. The topological polar surface area (TPSA) is 104 Å². The minimum Gasteiger partial charge on any atom is -0.388 e. The summed E-state index contributed by atoms with van der Waals surface area (Å²) in [5.41, 5.74) is -0.225. The van der Waals surface area contributed by atoms with Crippen LogP contribution in [0.1, 0.15) is 10.4 Å². The van der Waals surface area contributed by atoms with Gasteiger partial charge in [-0.25, -0.2) is 0 Å². The van der Waals surface area contributed by atoms with Crippen molar-refractivity contribution in [3.8, 4) is 0 Å². The van der Waals surface area contributed by atoms with Gasteiger partial charge < -0.3 is 15.1 Å². The second-order valence-corrected chi connectivity index (χ2v) is 4.74. The monoisotopic (exact) mass is 286 g/mol. The Bertz CT molecular complexity index is 526. The Labute approximate surface area is 113 Å². The van der Waals surface area contributed by atoms with Gasteiger partial charge in [0.1, 0.15) is 0 Å². The van der Waals surface area contributed by atoms with Crippen molar-refractivity contribution < 1.29 is 19.9 Å². The highest BCUT2D eigenvalue weighted by Crippen LogP contribution is 2.23. The van der Waals surface area contributed by atoms with Gasteiger partial charge in [-0.3, -0.25) is 14.9 Å². The minimum atomic E-state index is -1.00. The second kappa shape index (κ2) is 5.12. The van der Waals surface area contributed by atoms with Crippen LogP contribution in [0.4, 0.5) is 5.69 Å². The van der Waals surface area contributed by atoms with Crippen molar-refractivity contribution in [2.45, 2.75) is 12.2 Å². The number of aliphatic hydroxyl groups excluding tert-OH is 2. The lowest BCUT2D eigenvalue weighted by molar-refractivity contribution is -0.384. The largest absolute Gasteiger partial charge is 0.388 e. The maximum atomic E-state index is 12.1. The molecule has 1 saturated heterocycles. The number of carbonyl (C=O) groups excluding carboxylic acids is 1. The number of carbonyl (C=O) groups is 1. The SMILES string of the molecule is O=C(c1cc(Cl)cc([N+](=O)[O-])c1)N1CC(O)C(O)C1. The predicted octanol–water partition coefficient (Wildman–Crippen LogP) is 0.426. The molecule has 1 aliphatic rings. The van der Waals surface area contributed by atoms with Crippen LogP contribution < -0.4 is 0 Å². The average molecular weight is 287 g/mol. The molecule has 1 fully saturated rings. The fourth-order valence-corrected chi connectivity index (χ4v) is 2.15. The van der Waals surface area contributed by atoms with Crippen LogP contribution in [0, 0.1) is 10.1 Å². The van der Waals surface area contributed by atoms with Gasteiger partial charge in [-0.1, -0.05) is 11.6 Å². The third-order valence-corrected chi connectivity index (χ3v) is 3.10. The van der Waals surface area contributed by atoms with Crippen molar-refractivity contribution in [3.05, 3.63) is 38.9 Å². The van der Waals surface area contributed by atoms with Crippen molar-refractivity contribution in [2.24, 2.45) is 0 Å². The van der Waals surface area contributed by atoms with Gasteiger partial charge in [0, 0.05) is 35.8 Å². The Kier molecular flexibility index (Phi) is 3.70. The zero-order valence-electron chi connectivity index (χ0n) is 9.69. The van der Waals surface area contributed by atoms with Gasteiger partial charge in [0.05, 0.1) is 17.1 Å². The van der Waals surface area contributed by atoms with Gasteiger partial charge >= 0.3 is 0 Å². The van der Waals surface area contributed by atoms with E-state index in [0.717, 1.165) is 12.1 Å². The molecular formula is C11H11ClN2O5. The van der Waals surface area contributed by atoms with Gasteiger partial charge in [0.25, 0.3) is 11.6 Å². The summed E-state index contributed by atoms with van der Waals surface area (Å²) < 4.78 is 0. The summed E-state index contributed by atoms with van der Waals surface area (Å²) in [5, 5.41) is 29.5. The summed E-state index contributed by atoms with van der Waals surface area (Å²) in [6.45, 7) is -0.0272. The van der Waals surface area contributed by atoms with Gasteiger partial charge in [-0.15, -0.1) is 0 Å². The molecule has 2 N–H and O–H groups in total. The number of hydrogen-bond donors (Lipinski definition) is 2. The number of amides is 1. The molecule has 0 aromatic heterocycles. The van der Waals surface area contributed by atoms with E-state index in [4.69, 9.17) is 11.6 Å². The summed E-state index contributed by atoms with van der Waals surface area (Å²) in [5.74, 6) is -0.513. The van der Waals surface area contributed by atoms with Crippen LogP contribution in [0.5, 0.6) is 0 Å². The number of β-amino-alcohol motifs (C(OH)–C–C–N with tert-alkyl or cyclic N) is 2. The lowest BCUT2D eigenvalue weighted by atomic mass is 10.2. The number of likely N-dealkylation sites (tertiary alicyclic amines) is 1. The average Bonchev–Trinajstić information content (AvgIpc) is 2.68. The molecule has 0 saturated carbocycles. The summed E-state index contributed by atoms with van der Waals surface area (Å²) in [7, 11) is 0. The summed E-state index contributed by atoms with van der Waals surface area (Å²) >= 11 is 5.73. The van der Waals surface area contributed by atoms with Crippen molar-refractivity contribution in [2.75, 3.05) is 13.1 Å². The first-order valence-electron chi connectivity index (χ1n) is 5.49. The Balaban J connectivity index is 2.27. The standard InChI is InChI=1S/C11H11ClN2O5/c12-7-1-6(2-8(3-7)14(18)19)11(17)13-4-9(15)10(16)5-13/h1-3,9-10,15-16H,4-5H2. The zero-order valence-corrected chi connectivity index (χ0v) is 10.4. The van der Waals surface area contributed by atoms with E-state index >= 15 is 0 Å². The second-order valence-electron chi connectivity index (χ2n) is 4.30. The van der Waals surface area contributed by atoms with Gasteiger partial charge in [0.2, 0.25) is 0 Å². The third-order valence-electron chi connectivity index (χ3n) is 2.89. The first kappa shape index (κ1) is 13.7. The first-order valence-corrected chi connectivity index (χ1v) is 5.86. The number of nitrogens with zero attached hydrogens (tertiary/aromatic N) is 2. The fourth-order valence-electron chi connectivity index (χ4n) is 1.92. The maximum Gasteiger partial charge on any atom is 0.271 e. The number of rotatable bonds is 2. The minimum absolute atomic E-state index is 0.0136. The summed E-state index contributed by atoms with van der Waals surface area (Å²) in [6.07, 6.45) is -2.00. The quantitative estimate of drug-likeness (QED) is 0.606. The molecule has 8 heteroatoms. The molecule has 0 radical (unpaired) electrons. The molecule has 0 spiro atoms. The third kappa shape index (κ3) is 2.83. The normalized spacial score (nSPS) is 22.6. The number of halogens is 1. The summed E-state index contributed by atoms with van der Waals surface area (Å²) in [6, 6.07) is 3.57. The first-order chi connectivity index (χ1) is 8.88. The van der Waals surface area contributed by atoms with Crippen molar-refractivity contribution in [3.63, 3.8) is 0 Å². The number of nitro benzene ring substituents is 1. The number of hydrogen-bond acceptors (Lipinski definition) is 5. The van der Waals surface area contributed by atoms with Crippen LogP contribution in [0.2, 0.25) is 5.02 Å². The lowest BCUT2D eigenvalue weighted by Crippen LogP contribution is -2.29. The predicted molar refractivity (Wildman–Crippen MR) is 66.0 cm³/mol. The molecule has 0 aliphatic carbocycles. The Hall–Kier alpha value is -1.70. The van der Waals surface area contributed by atoms with E-state index in [-0.39, 0.29) is 29.4 Å². The van der Waals surface area contributed by atoms with E-state index in [2.05, 4.69) is 0 Å². The van der Waals surface area contributed by atoms with Crippen LogP contribution in [-0.4, -0.2) is 51.2 Å². The van der Waals surface area contributed by atoms with E-state index in [1.807, 2.05) is 0 Å². The van der Waals surface area contributed by atoms with Gasteiger partial charge in [-0.2, -0.15) is 0 Å². The Morgan fingerprint density at radius 1 is 1.32 bits per heavy atom. The number of nitro groups is 1. The Morgan fingerprint density at radius 3 is 2.42 bits per heavy atom. The molecule has 1 aromatic rings. The van der Waals surface area contributed by atoms with E-state index in [9.17, 15) is 25.1 Å². The fraction of sp³-hybridized carbons (Fsp3) is 0.364. The number of benzene rings is 1. The zero-order chi connectivity index (χ0) is 14.2. The molecule has 2 unspecified atom stereocenters. The van der Waals surface area contributed by atoms with Crippen LogP contribution in [0.15, 0.2) is 18.2 Å². The molecule has 1 aliphatic heterocycles. The van der Waals surface area contributed by atoms with E-state index in [1.54, 1.807) is 0 Å². The molecule has 2 atom stereocenters. The molecule has 7 nitrogen and oxygen atoms in total. The number of non-ortho nitro benzene ring substituents is 1. The Morgan fingerprint density at radius 2 is 1.89 bits per heavy atom. The summed E-state index contributed by atoms with van der Waals surface area (Å²) in [4.78, 5) is 23.4. The van der Waals surface area contributed by atoms with Crippen molar-refractivity contribution in [1.82, 2.24) is 4.90 Å². The molecule has 102 valence electrons. The molecule has 1 amide bonds.